The second kappa shape index (κ2) is 6.71. The summed E-state index contributed by atoms with van der Waals surface area (Å²) >= 11 is 0. The van der Waals surface area contributed by atoms with Crippen LogP contribution >= 0.6 is 0 Å². The molecule has 0 bridgehead atoms. The first kappa shape index (κ1) is 14.1. The summed E-state index contributed by atoms with van der Waals surface area (Å²) in [5.74, 6) is -0.454. The van der Waals surface area contributed by atoms with Crippen molar-refractivity contribution in [1.29, 1.82) is 0 Å². The number of nitrogens with zero attached hydrogens (tertiary/aromatic N) is 1. The molecule has 0 spiro atoms. The van der Waals surface area contributed by atoms with Crippen LogP contribution in [0, 0.1) is 11.8 Å². The molecular formula is C16H23NO2. The molecule has 1 aliphatic rings. The molecule has 0 heterocycles. The van der Waals surface area contributed by atoms with Gasteiger partial charge in [-0.1, -0.05) is 43.2 Å². The molecule has 2 atom stereocenters. The number of hydrogen-bond donors (Lipinski definition) is 1. The van der Waals surface area contributed by atoms with E-state index in [2.05, 4.69) is 24.1 Å². The summed E-state index contributed by atoms with van der Waals surface area (Å²) in [6.07, 6.45) is 4.14. The van der Waals surface area contributed by atoms with Crippen LogP contribution in [0.5, 0.6) is 0 Å². The summed E-state index contributed by atoms with van der Waals surface area (Å²) in [4.78, 5) is 13.5. The predicted octanol–water partition coefficient (Wildman–Crippen LogP) is 3.01. The Bertz CT molecular complexity index is 404. The summed E-state index contributed by atoms with van der Waals surface area (Å²) in [5, 5.41) is 9.29. The summed E-state index contributed by atoms with van der Waals surface area (Å²) in [6, 6.07) is 10.3. The second-order valence-corrected chi connectivity index (χ2v) is 5.67. The molecule has 1 aromatic carbocycles. The van der Waals surface area contributed by atoms with Crippen LogP contribution in [0.25, 0.3) is 0 Å². The van der Waals surface area contributed by atoms with Gasteiger partial charge < -0.3 is 10.0 Å². The van der Waals surface area contributed by atoms with Crippen molar-refractivity contribution in [2.24, 2.45) is 11.8 Å². The third-order valence-electron chi connectivity index (χ3n) is 4.07. The molecule has 1 aliphatic carbocycles. The number of aliphatic carboxylic acids is 1. The van der Waals surface area contributed by atoms with E-state index in [1.807, 2.05) is 18.2 Å². The SMILES string of the molecule is CN(Cc1ccccc1)CC1CCCCC1C(=O)O. The Labute approximate surface area is 115 Å². The molecule has 1 saturated carbocycles. The zero-order valence-electron chi connectivity index (χ0n) is 11.6. The third-order valence-corrected chi connectivity index (χ3v) is 4.07. The van der Waals surface area contributed by atoms with E-state index in [1.165, 1.54) is 12.0 Å². The Balaban J connectivity index is 1.90. The minimum Gasteiger partial charge on any atom is -0.481 e. The highest BCUT2D eigenvalue weighted by Crippen LogP contribution is 2.30. The fraction of sp³-hybridized carbons (Fsp3) is 0.562. The van der Waals surface area contributed by atoms with Gasteiger partial charge >= 0.3 is 5.97 Å². The average Bonchev–Trinajstić information content (AvgIpc) is 2.40. The van der Waals surface area contributed by atoms with Crippen LogP contribution < -0.4 is 0 Å². The highest BCUT2D eigenvalue weighted by molar-refractivity contribution is 5.70. The van der Waals surface area contributed by atoms with E-state index in [1.54, 1.807) is 0 Å². The molecule has 3 nitrogen and oxygen atoms in total. The molecule has 3 heteroatoms. The Kier molecular flexibility index (Phi) is 4.97. The summed E-state index contributed by atoms with van der Waals surface area (Å²) < 4.78 is 0. The highest BCUT2D eigenvalue weighted by Gasteiger charge is 2.31. The zero-order chi connectivity index (χ0) is 13.7. The first-order valence-electron chi connectivity index (χ1n) is 7.12. The van der Waals surface area contributed by atoms with Gasteiger partial charge in [-0.15, -0.1) is 0 Å². The first-order valence-corrected chi connectivity index (χ1v) is 7.12. The topological polar surface area (TPSA) is 40.5 Å². The van der Waals surface area contributed by atoms with Crippen LogP contribution in [0.1, 0.15) is 31.2 Å². The van der Waals surface area contributed by atoms with Crippen molar-refractivity contribution in [3.05, 3.63) is 35.9 Å². The van der Waals surface area contributed by atoms with E-state index in [9.17, 15) is 9.90 Å². The molecule has 104 valence electrons. The molecule has 0 amide bonds. The monoisotopic (exact) mass is 261 g/mol. The molecule has 1 N–H and O–H groups in total. The van der Waals surface area contributed by atoms with Gasteiger partial charge in [-0.3, -0.25) is 4.79 Å². The second-order valence-electron chi connectivity index (χ2n) is 5.67. The van der Waals surface area contributed by atoms with Crippen LogP contribution in [0.4, 0.5) is 0 Å². The maximum Gasteiger partial charge on any atom is 0.306 e. The van der Waals surface area contributed by atoms with Crippen molar-refractivity contribution in [3.8, 4) is 0 Å². The summed E-state index contributed by atoms with van der Waals surface area (Å²) in [7, 11) is 2.08. The normalized spacial score (nSPS) is 23.5. The molecule has 0 radical (unpaired) electrons. The van der Waals surface area contributed by atoms with Crippen LogP contribution in [-0.4, -0.2) is 29.6 Å². The minimum atomic E-state index is -0.613. The summed E-state index contributed by atoms with van der Waals surface area (Å²) in [5.41, 5.74) is 1.28. The van der Waals surface area contributed by atoms with Gasteiger partial charge in [-0.05, 0) is 31.4 Å². The number of hydrogen-bond acceptors (Lipinski definition) is 2. The lowest BCUT2D eigenvalue weighted by atomic mass is 9.79. The molecule has 1 fully saturated rings. The Hall–Kier alpha value is -1.35. The Morgan fingerprint density at radius 1 is 1.26 bits per heavy atom. The van der Waals surface area contributed by atoms with Gasteiger partial charge in [0.1, 0.15) is 0 Å². The van der Waals surface area contributed by atoms with E-state index in [4.69, 9.17) is 0 Å². The standard InChI is InChI=1S/C16H23NO2/c1-17(11-13-7-3-2-4-8-13)12-14-9-5-6-10-15(14)16(18)19/h2-4,7-8,14-15H,5-6,9-12H2,1H3,(H,18,19). The quantitative estimate of drug-likeness (QED) is 0.885. The van der Waals surface area contributed by atoms with E-state index in [-0.39, 0.29) is 5.92 Å². The van der Waals surface area contributed by atoms with Gasteiger partial charge in [0.2, 0.25) is 0 Å². The maximum atomic E-state index is 11.3. The van der Waals surface area contributed by atoms with Crippen molar-refractivity contribution in [1.82, 2.24) is 4.90 Å². The first-order chi connectivity index (χ1) is 9.16. The van der Waals surface area contributed by atoms with Crippen molar-refractivity contribution < 1.29 is 9.90 Å². The molecule has 19 heavy (non-hydrogen) atoms. The largest absolute Gasteiger partial charge is 0.481 e. The molecule has 2 rings (SSSR count). The lowest BCUT2D eigenvalue weighted by Gasteiger charge is -2.32. The number of benzene rings is 1. The van der Waals surface area contributed by atoms with Gasteiger partial charge in [0, 0.05) is 13.1 Å². The van der Waals surface area contributed by atoms with Crippen molar-refractivity contribution in [2.75, 3.05) is 13.6 Å². The van der Waals surface area contributed by atoms with E-state index in [0.717, 1.165) is 32.4 Å². The van der Waals surface area contributed by atoms with Crippen LogP contribution in [0.3, 0.4) is 0 Å². The lowest BCUT2D eigenvalue weighted by molar-refractivity contribution is -0.145. The minimum absolute atomic E-state index is 0.146. The van der Waals surface area contributed by atoms with Gasteiger partial charge in [-0.2, -0.15) is 0 Å². The van der Waals surface area contributed by atoms with Gasteiger partial charge in [-0.25, -0.2) is 0 Å². The van der Waals surface area contributed by atoms with Crippen molar-refractivity contribution in [3.63, 3.8) is 0 Å². The van der Waals surface area contributed by atoms with Gasteiger partial charge in [0.15, 0.2) is 0 Å². The van der Waals surface area contributed by atoms with Crippen LogP contribution in [-0.2, 0) is 11.3 Å². The lowest BCUT2D eigenvalue weighted by Crippen LogP contribution is -2.35. The highest BCUT2D eigenvalue weighted by atomic mass is 16.4. The van der Waals surface area contributed by atoms with Gasteiger partial charge in [0.05, 0.1) is 5.92 Å². The fourth-order valence-electron chi connectivity index (χ4n) is 3.11. The van der Waals surface area contributed by atoms with E-state index >= 15 is 0 Å². The molecule has 2 unspecified atom stereocenters. The zero-order valence-corrected chi connectivity index (χ0v) is 11.6. The number of rotatable bonds is 5. The number of carboxylic acid groups (broad SMARTS) is 1. The summed E-state index contributed by atoms with van der Waals surface area (Å²) in [6.45, 7) is 1.77. The van der Waals surface area contributed by atoms with Gasteiger partial charge in [0.25, 0.3) is 0 Å². The Morgan fingerprint density at radius 3 is 2.63 bits per heavy atom. The average molecular weight is 261 g/mol. The molecule has 0 aliphatic heterocycles. The fourth-order valence-corrected chi connectivity index (χ4v) is 3.11. The van der Waals surface area contributed by atoms with E-state index in [0.29, 0.717) is 5.92 Å². The predicted molar refractivity (Wildman–Crippen MR) is 75.9 cm³/mol. The van der Waals surface area contributed by atoms with Crippen LogP contribution in [0.2, 0.25) is 0 Å². The van der Waals surface area contributed by atoms with E-state index < -0.39 is 5.97 Å². The third kappa shape index (κ3) is 4.06. The molecule has 0 saturated heterocycles. The molecule has 1 aromatic rings. The molecular weight excluding hydrogens is 238 g/mol. The van der Waals surface area contributed by atoms with Crippen molar-refractivity contribution >= 4 is 5.97 Å². The number of carbonyl (C=O) groups is 1. The smallest absolute Gasteiger partial charge is 0.306 e. The van der Waals surface area contributed by atoms with Crippen molar-refractivity contribution in [2.45, 2.75) is 32.2 Å². The number of carboxylic acids is 1. The van der Waals surface area contributed by atoms with Crippen LogP contribution in [0.15, 0.2) is 30.3 Å². The molecule has 0 aromatic heterocycles. The Morgan fingerprint density at radius 2 is 1.95 bits per heavy atom. The maximum absolute atomic E-state index is 11.3.